The number of nitrogens with zero attached hydrogens (tertiary/aromatic N) is 1. The summed E-state index contributed by atoms with van der Waals surface area (Å²) < 4.78 is 5.03. The Balaban J connectivity index is 2.62. The van der Waals surface area contributed by atoms with Gasteiger partial charge in [-0.05, 0) is 37.1 Å². The smallest absolute Gasteiger partial charge is 0.126 e. The van der Waals surface area contributed by atoms with Crippen LogP contribution in [0.15, 0.2) is 12.1 Å². The minimum Gasteiger partial charge on any atom is -0.383 e. The summed E-state index contributed by atoms with van der Waals surface area (Å²) in [6.07, 6.45) is 2.12. The largest absolute Gasteiger partial charge is 0.383 e. The van der Waals surface area contributed by atoms with Crippen LogP contribution in [-0.2, 0) is 17.7 Å². The number of rotatable bonds is 9. The molecular formula is C14H25N3O. The number of methoxy groups -OCH3 is 1. The van der Waals surface area contributed by atoms with Gasteiger partial charge in [-0.3, -0.25) is 0 Å². The third-order valence-electron chi connectivity index (χ3n) is 2.67. The second-order valence-electron chi connectivity index (χ2n) is 4.30. The zero-order valence-electron chi connectivity index (χ0n) is 11.8. The second-order valence-corrected chi connectivity index (χ2v) is 4.30. The first-order chi connectivity index (χ1) is 8.80. The molecule has 1 aromatic rings. The normalized spacial score (nSPS) is 10.6. The molecular weight excluding hydrogens is 226 g/mol. The fourth-order valence-corrected chi connectivity index (χ4v) is 1.71. The highest BCUT2D eigenvalue weighted by molar-refractivity contribution is 5.39. The van der Waals surface area contributed by atoms with Crippen molar-refractivity contribution < 1.29 is 4.74 Å². The van der Waals surface area contributed by atoms with E-state index in [0.29, 0.717) is 6.61 Å². The number of aromatic nitrogens is 1. The van der Waals surface area contributed by atoms with E-state index in [-0.39, 0.29) is 0 Å². The van der Waals surface area contributed by atoms with Gasteiger partial charge in [-0.2, -0.15) is 0 Å². The summed E-state index contributed by atoms with van der Waals surface area (Å²) in [5, 5.41) is 6.70. The lowest BCUT2D eigenvalue weighted by molar-refractivity contribution is 0.210. The molecule has 0 aliphatic rings. The molecule has 102 valence electrons. The van der Waals surface area contributed by atoms with Crippen LogP contribution >= 0.6 is 0 Å². The number of anilines is 1. The van der Waals surface area contributed by atoms with E-state index in [9.17, 15) is 0 Å². The molecule has 0 saturated carbocycles. The topological polar surface area (TPSA) is 46.2 Å². The van der Waals surface area contributed by atoms with Crippen LogP contribution in [-0.4, -0.2) is 31.8 Å². The summed E-state index contributed by atoms with van der Waals surface area (Å²) in [4.78, 5) is 4.56. The maximum Gasteiger partial charge on any atom is 0.126 e. The van der Waals surface area contributed by atoms with E-state index in [1.54, 1.807) is 7.11 Å². The van der Waals surface area contributed by atoms with Crippen LogP contribution in [0.2, 0.25) is 0 Å². The monoisotopic (exact) mass is 251 g/mol. The Hall–Kier alpha value is -1.13. The fraction of sp³-hybridized carbons (Fsp3) is 0.643. The van der Waals surface area contributed by atoms with Crippen LogP contribution in [0.25, 0.3) is 0 Å². The highest BCUT2D eigenvalue weighted by Gasteiger charge is 2.01. The van der Waals surface area contributed by atoms with Crippen molar-refractivity contribution in [3.05, 3.63) is 23.4 Å². The molecule has 4 heteroatoms. The number of hydrogen-bond donors (Lipinski definition) is 2. The molecule has 0 fully saturated rings. The van der Waals surface area contributed by atoms with Gasteiger partial charge in [0.15, 0.2) is 0 Å². The first-order valence-electron chi connectivity index (χ1n) is 6.73. The third-order valence-corrected chi connectivity index (χ3v) is 2.67. The Morgan fingerprint density at radius 3 is 2.72 bits per heavy atom. The van der Waals surface area contributed by atoms with E-state index >= 15 is 0 Å². The number of aryl methyl sites for hydroxylation is 1. The molecule has 2 N–H and O–H groups in total. The van der Waals surface area contributed by atoms with Gasteiger partial charge in [-0.1, -0.05) is 13.8 Å². The minimum atomic E-state index is 0.696. The van der Waals surface area contributed by atoms with Crippen molar-refractivity contribution in [2.75, 3.05) is 32.1 Å². The Morgan fingerprint density at radius 1 is 1.22 bits per heavy atom. The molecule has 0 aliphatic carbocycles. The quantitative estimate of drug-likeness (QED) is 0.661. The first-order valence-corrected chi connectivity index (χ1v) is 6.73. The van der Waals surface area contributed by atoms with Crippen LogP contribution in [0.1, 0.15) is 31.5 Å². The molecule has 4 nitrogen and oxygen atoms in total. The molecule has 0 aliphatic heterocycles. The lowest BCUT2D eigenvalue weighted by Crippen LogP contribution is -2.15. The molecule has 0 unspecified atom stereocenters. The van der Waals surface area contributed by atoms with E-state index in [2.05, 4.69) is 41.6 Å². The Morgan fingerprint density at radius 2 is 2.06 bits per heavy atom. The van der Waals surface area contributed by atoms with Crippen LogP contribution in [0.4, 0.5) is 5.82 Å². The van der Waals surface area contributed by atoms with Gasteiger partial charge in [-0.25, -0.2) is 4.98 Å². The van der Waals surface area contributed by atoms with Crippen molar-refractivity contribution in [3.8, 4) is 0 Å². The molecule has 0 saturated heterocycles. The molecule has 0 atom stereocenters. The average Bonchev–Trinajstić information content (AvgIpc) is 2.39. The van der Waals surface area contributed by atoms with E-state index in [1.807, 2.05) is 0 Å². The summed E-state index contributed by atoms with van der Waals surface area (Å²) in [7, 11) is 1.71. The minimum absolute atomic E-state index is 0.696. The SMILES string of the molecule is CCCNCc1cc(CC)nc(NCCOC)c1. The van der Waals surface area contributed by atoms with E-state index in [4.69, 9.17) is 4.74 Å². The summed E-state index contributed by atoms with van der Waals surface area (Å²) in [5.41, 5.74) is 2.42. The van der Waals surface area contributed by atoms with Crippen molar-refractivity contribution >= 4 is 5.82 Å². The number of ether oxygens (including phenoxy) is 1. The van der Waals surface area contributed by atoms with Gasteiger partial charge in [0.2, 0.25) is 0 Å². The lowest BCUT2D eigenvalue weighted by Gasteiger charge is -2.10. The molecule has 0 amide bonds. The Labute approximate surface area is 110 Å². The maximum absolute atomic E-state index is 5.03. The van der Waals surface area contributed by atoms with Gasteiger partial charge < -0.3 is 15.4 Å². The predicted molar refractivity (Wildman–Crippen MR) is 76.0 cm³/mol. The van der Waals surface area contributed by atoms with Crippen molar-refractivity contribution in [2.24, 2.45) is 0 Å². The van der Waals surface area contributed by atoms with Crippen LogP contribution < -0.4 is 10.6 Å². The maximum atomic E-state index is 5.03. The van der Waals surface area contributed by atoms with Gasteiger partial charge in [0.25, 0.3) is 0 Å². The van der Waals surface area contributed by atoms with Gasteiger partial charge in [0.1, 0.15) is 5.82 Å². The van der Waals surface area contributed by atoms with Crippen LogP contribution in [0.3, 0.4) is 0 Å². The Bertz CT molecular complexity index is 314. The van der Waals surface area contributed by atoms with Crippen molar-refractivity contribution in [3.63, 3.8) is 0 Å². The number of hydrogen-bond acceptors (Lipinski definition) is 4. The molecule has 0 radical (unpaired) electrons. The van der Waals surface area contributed by atoms with E-state index < -0.39 is 0 Å². The molecule has 1 rings (SSSR count). The fourth-order valence-electron chi connectivity index (χ4n) is 1.71. The average molecular weight is 251 g/mol. The summed E-state index contributed by atoms with van der Waals surface area (Å²) in [6, 6.07) is 4.28. The molecule has 0 spiro atoms. The van der Waals surface area contributed by atoms with Crippen molar-refractivity contribution in [2.45, 2.75) is 33.2 Å². The summed E-state index contributed by atoms with van der Waals surface area (Å²) in [6.45, 7) is 7.75. The van der Waals surface area contributed by atoms with Crippen LogP contribution in [0.5, 0.6) is 0 Å². The van der Waals surface area contributed by atoms with Gasteiger partial charge in [0, 0.05) is 25.9 Å². The molecule has 0 aromatic carbocycles. The van der Waals surface area contributed by atoms with Crippen molar-refractivity contribution in [1.29, 1.82) is 0 Å². The van der Waals surface area contributed by atoms with E-state index in [1.165, 1.54) is 5.56 Å². The lowest BCUT2D eigenvalue weighted by atomic mass is 10.2. The highest BCUT2D eigenvalue weighted by atomic mass is 16.5. The van der Waals surface area contributed by atoms with Gasteiger partial charge in [0.05, 0.1) is 6.61 Å². The number of pyridine rings is 1. The summed E-state index contributed by atoms with van der Waals surface area (Å²) >= 11 is 0. The van der Waals surface area contributed by atoms with Gasteiger partial charge >= 0.3 is 0 Å². The first kappa shape index (κ1) is 14.9. The second kappa shape index (κ2) is 8.89. The predicted octanol–water partition coefficient (Wildman–Crippen LogP) is 2.20. The zero-order valence-corrected chi connectivity index (χ0v) is 11.8. The molecule has 0 bridgehead atoms. The van der Waals surface area contributed by atoms with Crippen molar-refractivity contribution in [1.82, 2.24) is 10.3 Å². The Kier molecular flexibility index (Phi) is 7.37. The van der Waals surface area contributed by atoms with Gasteiger partial charge in [-0.15, -0.1) is 0 Å². The summed E-state index contributed by atoms with van der Waals surface area (Å²) in [5.74, 6) is 0.944. The molecule has 1 heterocycles. The standard InChI is InChI=1S/C14H25N3O/c1-4-6-15-11-12-9-13(5-2)17-14(10-12)16-7-8-18-3/h9-10,15H,4-8,11H2,1-3H3,(H,16,17). The van der Waals surface area contributed by atoms with Crippen LogP contribution in [0, 0.1) is 0 Å². The number of nitrogens with one attached hydrogen (secondary N) is 2. The van der Waals surface area contributed by atoms with E-state index in [0.717, 1.165) is 44.0 Å². The molecule has 1 aromatic heterocycles. The third kappa shape index (κ3) is 5.47. The zero-order chi connectivity index (χ0) is 13.2. The molecule has 18 heavy (non-hydrogen) atoms. The highest BCUT2D eigenvalue weighted by Crippen LogP contribution is 2.11.